The zero-order valence-corrected chi connectivity index (χ0v) is 19.0. The average molecular weight is 461 g/mol. The largest absolute Gasteiger partial charge is 0.485 e. The highest BCUT2D eigenvalue weighted by Gasteiger charge is 2.34. The van der Waals surface area contributed by atoms with Crippen LogP contribution < -0.4 is 9.47 Å². The first-order valence-electron chi connectivity index (χ1n) is 11.3. The first kappa shape index (κ1) is 20.3. The van der Waals surface area contributed by atoms with E-state index >= 15 is 0 Å². The number of nitrogens with zero attached hydrogens (tertiary/aromatic N) is 2. The van der Waals surface area contributed by atoms with Gasteiger partial charge >= 0.3 is 0 Å². The van der Waals surface area contributed by atoms with E-state index in [4.69, 9.17) is 9.47 Å². The lowest BCUT2D eigenvalue weighted by Crippen LogP contribution is -2.55. The summed E-state index contributed by atoms with van der Waals surface area (Å²) in [6, 6.07) is 17.9. The van der Waals surface area contributed by atoms with E-state index < -0.39 is 6.10 Å². The number of para-hydroxylation sites is 2. The van der Waals surface area contributed by atoms with Gasteiger partial charge in [0, 0.05) is 31.1 Å². The number of hydrogen-bond acceptors (Lipinski definition) is 5. The van der Waals surface area contributed by atoms with E-state index in [0.717, 1.165) is 17.7 Å². The monoisotopic (exact) mass is 460 g/mol. The van der Waals surface area contributed by atoms with Crippen molar-refractivity contribution in [3.8, 4) is 21.9 Å². The molecule has 0 N–H and O–H groups in total. The fourth-order valence-corrected chi connectivity index (χ4v) is 6.05. The van der Waals surface area contributed by atoms with Gasteiger partial charge in [-0.2, -0.15) is 0 Å². The van der Waals surface area contributed by atoms with E-state index in [1.807, 2.05) is 29.2 Å². The van der Waals surface area contributed by atoms with Gasteiger partial charge in [-0.25, -0.2) is 0 Å². The first-order valence-corrected chi connectivity index (χ1v) is 12.2. The van der Waals surface area contributed by atoms with Gasteiger partial charge in [0.1, 0.15) is 6.61 Å². The fraction of sp³-hybridized carbons (Fsp3) is 0.308. The van der Waals surface area contributed by atoms with Crippen molar-refractivity contribution < 1.29 is 19.1 Å². The van der Waals surface area contributed by atoms with Crippen LogP contribution in [0.2, 0.25) is 0 Å². The second kappa shape index (κ2) is 8.23. The summed E-state index contributed by atoms with van der Waals surface area (Å²) >= 11 is 1.59. The number of rotatable bonds is 2. The number of fused-ring (bicyclic) bond motifs is 4. The van der Waals surface area contributed by atoms with E-state index in [1.165, 1.54) is 21.6 Å². The number of carbonyl (C=O) groups is 2. The Bertz CT molecular complexity index is 1230. The van der Waals surface area contributed by atoms with E-state index in [-0.39, 0.29) is 18.4 Å². The van der Waals surface area contributed by atoms with Crippen molar-refractivity contribution in [2.24, 2.45) is 0 Å². The third-order valence-corrected chi connectivity index (χ3v) is 7.81. The summed E-state index contributed by atoms with van der Waals surface area (Å²) in [5, 5.41) is 0. The van der Waals surface area contributed by atoms with Gasteiger partial charge in [0.15, 0.2) is 11.5 Å². The van der Waals surface area contributed by atoms with Crippen molar-refractivity contribution in [3.63, 3.8) is 0 Å². The standard InChI is InChI=1S/C26H24N2O4S/c29-25(22-16-31-20-7-3-4-8-21(20)32-22)27-11-13-28(14-12-27)26(30)23-15-18-10-9-17-5-1-2-6-19(17)24(18)33-23/h1-8,15,22H,9-14,16H2/t22-/m0/s1. The van der Waals surface area contributed by atoms with Crippen molar-refractivity contribution >= 4 is 23.2 Å². The van der Waals surface area contributed by atoms with Crippen LogP contribution in [0.15, 0.2) is 54.6 Å². The van der Waals surface area contributed by atoms with E-state index in [2.05, 4.69) is 30.3 Å². The average Bonchev–Trinajstić information content (AvgIpc) is 3.33. The number of carbonyl (C=O) groups excluding carboxylic acids is 2. The molecule has 2 aromatic carbocycles. The molecular weight excluding hydrogens is 436 g/mol. The maximum Gasteiger partial charge on any atom is 0.267 e. The highest BCUT2D eigenvalue weighted by molar-refractivity contribution is 7.17. The third kappa shape index (κ3) is 3.66. The molecule has 33 heavy (non-hydrogen) atoms. The first-order chi connectivity index (χ1) is 16.2. The number of benzene rings is 2. The number of thiophene rings is 1. The van der Waals surface area contributed by atoms with Crippen LogP contribution in [-0.4, -0.2) is 60.5 Å². The predicted molar refractivity (Wildman–Crippen MR) is 126 cm³/mol. The van der Waals surface area contributed by atoms with Crippen molar-refractivity contribution in [2.75, 3.05) is 32.8 Å². The Hall–Kier alpha value is -3.32. The minimum atomic E-state index is -0.647. The minimum absolute atomic E-state index is 0.0603. The Morgan fingerprint density at radius 3 is 2.39 bits per heavy atom. The Morgan fingerprint density at radius 2 is 1.55 bits per heavy atom. The molecule has 168 valence electrons. The van der Waals surface area contributed by atoms with Crippen molar-refractivity contribution in [1.29, 1.82) is 0 Å². The third-order valence-electron chi connectivity index (χ3n) is 6.61. The molecule has 3 aromatic rings. The lowest BCUT2D eigenvalue weighted by Gasteiger charge is -2.37. The fourth-order valence-electron chi connectivity index (χ4n) is 4.81. The second-order valence-electron chi connectivity index (χ2n) is 8.60. The summed E-state index contributed by atoms with van der Waals surface area (Å²) in [4.78, 5) is 31.9. The van der Waals surface area contributed by atoms with Gasteiger partial charge < -0.3 is 19.3 Å². The number of aryl methyl sites for hydroxylation is 2. The molecule has 1 aliphatic carbocycles. The molecule has 3 aliphatic rings. The SMILES string of the molecule is O=C(c1cc2c(s1)-c1ccccc1CC2)N1CCN(C(=O)[C@@H]2COc3ccccc3O2)CC1. The van der Waals surface area contributed by atoms with Crippen LogP contribution in [0.5, 0.6) is 11.5 Å². The molecular formula is C26H24N2O4S. The molecule has 6 rings (SSSR count). The Balaban J connectivity index is 1.10. The van der Waals surface area contributed by atoms with E-state index in [1.54, 1.807) is 16.2 Å². The summed E-state index contributed by atoms with van der Waals surface area (Å²) in [7, 11) is 0. The van der Waals surface area contributed by atoms with Crippen molar-refractivity contribution in [1.82, 2.24) is 9.80 Å². The van der Waals surface area contributed by atoms with Crippen LogP contribution >= 0.6 is 11.3 Å². The van der Waals surface area contributed by atoms with Crippen molar-refractivity contribution in [2.45, 2.75) is 18.9 Å². The molecule has 0 bridgehead atoms. The van der Waals surface area contributed by atoms with Crippen LogP contribution in [0.4, 0.5) is 0 Å². The molecule has 0 radical (unpaired) electrons. The lowest BCUT2D eigenvalue weighted by molar-refractivity contribution is -0.142. The Kier molecular flexibility index (Phi) is 5.06. The summed E-state index contributed by atoms with van der Waals surface area (Å²) < 4.78 is 11.6. The summed E-state index contributed by atoms with van der Waals surface area (Å²) in [6.45, 7) is 2.25. The molecule has 2 aliphatic heterocycles. The smallest absolute Gasteiger partial charge is 0.267 e. The normalized spacial score (nSPS) is 19.0. The molecule has 1 fully saturated rings. The second-order valence-corrected chi connectivity index (χ2v) is 9.66. The number of ether oxygens (including phenoxy) is 2. The molecule has 7 heteroatoms. The van der Waals surface area contributed by atoms with Crippen LogP contribution in [0.1, 0.15) is 20.8 Å². The van der Waals surface area contributed by atoms with Gasteiger partial charge in [-0.3, -0.25) is 9.59 Å². The number of piperazine rings is 1. The van der Waals surface area contributed by atoms with E-state index in [0.29, 0.717) is 37.7 Å². The molecule has 1 saturated heterocycles. The van der Waals surface area contributed by atoms with Gasteiger partial charge in [0.25, 0.3) is 11.8 Å². The van der Waals surface area contributed by atoms with Gasteiger partial charge in [0.05, 0.1) is 4.88 Å². The number of amides is 2. The van der Waals surface area contributed by atoms with Gasteiger partial charge in [-0.1, -0.05) is 36.4 Å². The maximum absolute atomic E-state index is 13.2. The highest BCUT2D eigenvalue weighted by Crippen LogP contribution is 2.40. The highest BCUT2D eigenvalue weighted by atomic mass is 32.1. The molecule has 6 nitrogen and oxygen atoms in total. The molecule has 1 atom stereocenters. The predicted octanol–water partition coefficient (Wildman–Crippen LogP) is 3.64. The molecule has 0 unspecified atom stereocenters. The molecule has 0 saturated carbocycles. The quantitative estimate of drug-likeness (QED) is 0.586. The van der Waals surface area contributed by atoms with Crippen molar-refractivity contribution in [3.05, 3.63) is 70.6 Å². The molecule has 2 amide bonds. The minimum Gasteiger partial charge on any atom is -0.485 e. The Morgan fingerprint density at radius 1 is 0.848 bits per heavy atom. The Labute approximate surface area is 196 Å². The van der Waals surface area contributed by atoms with Gasteiger partial charge in [-0.15, -0.1) is 11.3 Å². The van der Waals surface area contributed by atoms with Crippen LogP contribution in [0.3, 0.4) is 0 Å². The lowest BCUT2D eigenvalue weighted by atomic mass is 9.91. The summed E-state index contributed by atoms with van der Waals surface area (Å²) in [6.07, 6.45) is 1.35. The molecule has 0 spiro atoms. The van der Waals surface area contributed by atoms with Crippen LogP contribution in [0.25, 0.3) is 10.4 Å². The topological polar surface area (TPSA) is 59.1 Å². The summed E-state index contributed by atoms with van der Waals surface area (Å²) in [5.74, 6) is 1.24. The van der Waals surface area contributed by atoms with Gasteiger partial charge in [-0.05, 0) is 47.7 Å². The summed E-state index contributed by atoms with van der Waals surface area (Å²) in [5.41, 5.74) is 3.88. The zero-order chi connectivity index (χ0) is 22.4. The number of hydrogen-bond donors (Lipinski definition) is 0. The van der Waals surface area contributed by atoms with Gasteiger partial charge in [0.2, 0.25) is 6.10 Å². The van der Waals surface area contributed by atoms with Crippen LogP contribution in [0, 0.1) is 0 Å². The molecule has 1 aromatic heterocycles. The maximum atomic E-state index is 13.2. The molecule has 3 heterocycles. The van der Waals surface area contributed by atoms with Crippen LogP contribution in [-0.2, 0) is 17.6 Å². The van der Waals surface area contributed by atoms with E-state index in [9.17, 15) is 9.59 Å². The zero-order valence-electron chi connectivity index (χ0n) is 18.2.